The quantitative estimate of drug-likeness (QED) is 0.640. The average Bonchev–Trinajstić information content (AvgIpc) is 3.23. The lowest BCUT2D eigenvalue weighted by Gasteiger charge is -2.30. The Morgan fingerprint density at radius 1 is 1.38 bits per heavy atom. The van der Waals surface area contributed by atoms with E-state index in [1.165, 1.54) is 11.9 Å². The minimum atomic E-state index is -4.63. The predicted octanol–water partition coefficient (Wildman–Crippen LogP) is 3.78. The molecule has 0 spiro atoms. The number of nitrogens with zero attached hydrogens (tertiary/aromatic N) is 4. The van der Waals surface area contributed by atoms with Crippen molar-refractivity contribution in [1.82, 2.24) is 24.4 Å². The zero-order valence-corrected chi connectivity index (χ0v) is 17.4. The van der Waals surface area contributed by atoms with E-state index in [0.717, 1.165) is 21.4 Å². The molecular formula is C21H21F3N6O2. The fourth-order valence-electron chi connectivity index (χ4n) is 3.72. The van der Waals surface area contributed by atoms with E-state index in [0.29, 0.717) is 37.2 Å². The van der Waals surface area contributed by atoms with Gasteiger partial charge in [-0.25, -0.2) is 14.8 Å². The molecule has 1 atom stereocenters. The SMILES string of the molecule is CN(C(=O)Nc1cc(C(F)(F)F)cn(C)c1=O)[C@@H]1CC=C(c2cnc3[nH]ccc3n2)CC1. The molecular weight excluding hydrogens is 425 g/mol. The first-order chi connectivity index (χ1) is 15.1. The second-order valence-corrected chi connectivity index (χ2v) is 7.72. The number of rotatable bonds is 3. The van der Waals surface area contributed by atoms with Gasteiger partial charge in [0.25, 0.3) is 5.56 Å². The van der Waals surface area contributed by atoms with Crippen LogP contribution in [0, 0.1) is 0 Å². The van der Waals surface area contributed by atoms with Crippen molar-refractivity contribution in [2.45, 2.75) is 31.5 Å². The molecule has 2 amide bonds. The molecule has 0 unspecified atom stereocenters. The maximum Gasteiger partial charge on any atom is 0.417 e. The van der Waals surface area contributed by atoms with Crippen LogP contribution in [0.15, 0.2) is 41.6 Å². The van der Waals surface area contributed by atoms with Crippen LogP contribution in [0.2, 0.25) is 0 Å². The summed E-state index contributed by atoms with van der Waals surface area (Å²) in [7, 11) is 2.76. The van der Waals surface area contributed by atoms with Gasteiger partial charge >= 0.3 is 12.2 Å². The summed E-state index contributed by atoms with van der Waals surface area (Å²) in [6.07, 6.45) is 3.38. The monoisotopic (exact) mass is 446 g/mol. The van der Waals surface area contributed by atoms with Crippen LogP contribution < -0.4 is 10.9 Å². The average molecular weight is 446 g/mol. The lowest BCUT2D eigenvalue weighted by atomic mass is 9.93. The van der Waals surface area contributed by atoms with E-state index < -0.39 is 29.0 Å². The van der Waals surface area contributed by atoms with Gasteiger partial charge in [-0.1, -0.05) is 6.08 Å². The van der Waals surface area contributed by atoms with Crippen molar-refractivity contribution in [2.75, 3.05) is 12.4 Å². The number of aromatic nitrogens is 4. The summed E-state index contributed by atoms with van der Waals surface area (Å²) in [5, 5.41) is 2.33. The van der Waals surface area contributed by atoms with Crippen LogP contribution in [0.25, 0.3) is 16.7 Å². The molecule has 11 heteroatoms. The number of carbonyl (C=O) groups excluding carboxylic acids is 1. The highest BCUT2D eigenvalue weighted by Gasteiger charge is 2.32. The third kappa shape index (κ3) is 4.23. The molecule has 0 aromatic carbocycles. The van der Waals surface area contributed by atoms with Crippen LogP contribution in [0.5, 0.6) is 0 Å². The molecule has 4 rings (SSSR count). The normalized spacial score (nSPS) is 16.7. The van der Waals surface area contributed by atoms with Crippen molar-refractivity contribution in [2.24, 2.45) is 7.05 Å². The van der Waals surface area contributed by atoms with E-state index in [1.807, 2.05) is 12.1 Å². The van der Waals surface area contributed by atoms with Gasteiger partial charge in [-0.2, -0.15) is 13.2 Å². The lowest BCUT2D eigenvalue weighted by Crippen LogP contribution is -2.41. The standard InChI is InChI=1S/C21H21F3N6O2/c1-29-11-13(21(22,23)24)9-16(19(29)31)28-20(32)30(2)14-5-3-12(4-6-14)17-10-26-18-15(27-17)7-8-25-18/h3,7-11,14H,4-6H2,1-2H3,(H,25,26)(H,28,32)/t14-/m1/s1. The Hall–Kier alpha value is -3.63. The maximum atomic E-state index is 13.1. The van der Waals surface area contributed by atoms with Crippen molar-refractivity contribution in [3.63, 3.8) is 0 Å². The van der Waals surface area contributed by atoms with Gasteiger partial charge in [0.15, 0.2) is 5.65 Å². The molecule has 2 N–H and O–H groups in total. The molecule has 3 heterocycles. The van der Waals surface area contributed by atoms with Gasteiger partial charge in [0.1, 0.15) is 11.2 Å². The Bertz CT molecular complexity index is 1260. The number of halogens is 3. The zero-order valence-electron chi connectivity index (χ0n) is 17.4. The van der Waals surface area contributed by atoms with Crippen LogP contribution in [0.3, 0.4) is 0 Å². The lowest BCUT2D eigenvalue weighted by molar-refractivity contribution is -0.138. The minimum absolute atomic E-state index is 0.169. The maximum absolute atomic E-state index is 13.1. The fourth-order valence-corrected chi connectivity index (χ4v) is 3.72. The number of fused-ring (bicyclic) bond motifs is 1. The van der Waals surface area contributed by atoms with Gasteiger partial charge in [0, 0.05) is 32.5 Å². The van der Waals surface area contributed by atoms with Crippen molar-refractivity contribution in [1.29, 1.82) is 0 Å². The molecule has 0 fully saturated rings. The summed E-state index contributed by atoms with van der Waals surface area (Å²) < 4.78 is 40.0. The molecule has 3 aromatic heterocycles. The smallest absolute Gasteiger partial charge is 0.345 e. The summed E-state index contributed by atoms with van der Waals surface area (Å²) >= 11 is 0. The largest absolute Gasteiger partial charge is 0.417 e. The number of amides is 2. The summed E-state index contributed by atoms with van der Waals surface area (Å²) in [5.74, 6) is 0. The number of allylic oxidation sites excluding steroid dienone is 1. The summed E-state index contributed by atoms with van der Waals surface area (Å²) in [5.41, 5.74) is 1.13. The summed E-state index contributed by atoms with van der Waals surface area (Å²) in [6, 6.07) is 1.69. The first-order valence-corrected chi connectivity index (χ1v) is 9.94. The van der Waals surface area contributed by atoms with E-state index >= 15 is 0 Å². The highest BCUT2D eigenvalue weighted by atomic mass is 19.4. The number of aromatic amines is 1. The Balaban J connectivity index is 1.46. The van der Waals surface area contributed by atoms with Gasteiger partial charge in [-0.15, -0.1) is 0 Å². The molecule has 0 bridgehead atoms. The van der Waals surface area contributed by atoms with Gasteiger partial charge in [-0.05, 0) is 37.0 Å². The molecule has 8 nitrogen and oxygen atoms in total. The van der Waals surface area contributed by atoms with Crippen molar-refractivity contribution in [3.05, 3.63) is 58.4 Å². The van der Waals surface area contributed by atoms with Crippen molar-refractivity contribution in [3.8, 4) is 0 Å². The predicted molar refractivity (Wildman–Crippen MR) is 113 cm³/mol. The number of urea groups is 1. The highest BCUT2D eigenvalue weighted by Crippen LogP contribution is 2.30. The number of hydrogen-bond donors (Lipinski definition) is 2. The van der Waals surface area contributed by atoms with Crippen LogP contribution in [0.4, 0.5) is 23.7 Å². The zero-order chi connectivity index (χ0) is 23.0. The van der Waals surface area contributed by atoms with Gasteiger partial charge in [-0.3, -0.25) is 4.79 Å². The Morgan fingerprint density at radius 2 is 2.16 bits per heavy atom. The van der Waals surface area contributed by atoms with Crippen molar-refractivity contribution < 1.29 is 18.0 Å². The summed E-state index contributed by atoms with van der Waals surface area (Å²) in [6.45, 7) is 0. The van der Waals surface area contributed by atoms with Gasteiger partial charge in [0.2, 0.25) is 0 Å². The fraction of sp³-hybridized carbons (Fsp3) is 0.333. The third-order valence-electron chi connectivity index (χ3n) is 5.59. The number of hydrogen-bond acceptors (Lipinski definition) is 4. The van der Waals surface area contributed by atoms with E-state index in [-0.39, 0.29) is 6.04 Å². The van der Waals surface area contributed by atoms with E-state index in [4.69, 9.17) is 0 Å². The Kier molecular flexibility index (Phi) is 5.49. The second kappa shape index (κ2) is 8.13. The minimum Gasteiger partial charge on any atom is -0.345 e. The Morgan fingerprint density at radius 3 is 2.84 bits per heavy atom. The molecule has 168 valence electrons. The van der Waals surface area contributed by atoms with Crippen LogP contribution >= 0.6 is 0 Å². The molecule has 1 aliphatic carbocycles. The number of anilines is 1. The van der Waals surface area contributed by atoms with Crippen molar-refractivity contribution >= 4 is 28.5 Å². The first-order valence-electron chi connectivity index (χ1n) is 9.94. The van der Waals surface area contributed by atoms with Crippen LogP contribution in [-0.4, -0.2) is 43.5 Å². The first kappa shape index (κ1) is 21.6. The van der Waals surface area contributed by atoms with E-state index in [9.17, 15) is 22.8 Å². The summed E-state index contributed by atoms with van der Waals surface area (Å²) in [4.78, 5) is 38.2. The Labute approximate surface area is 180 Å². The second-order valence-electron chi connectivity index (χ2n) is 7.72. The molecule has 3 aromatic rings. The molecule has 0 saturated heterocycles. The van der Waals surface area contributed by atoms with E-state index in [2.05, 4.69) is 20.3 Å². The topological polar surface area (TPSA) is 95.9 Å². The molecule has 0 saturated carbocycles. The molecule has 1 aliphatic rings. The number of nitrogens with one attached hydrogen (secondary N) is 2. The molecule has 0 radical (unpaired) electrons. The number of carbonyl (C=O) groups is 1. The number of alkyl halides is 3. The molecule has 0 aliphatic heterocycles. The highest BCUT2D eigenvalue weighted by molar-refractivity contribution is 5.89. The number of aryl methyl sites for hydroxylation is 1. The number of H-pyrrole nitrogens is 1. The van der Waals surface area contributed by atoms with Crippen LogP contribution in [0.1, 0.15) is 30.5 Å². The third-order valence-corrected chi connectivity index (χ3v) is 5.59. The van der Waals surface area contributed by atoms with Gasteiger partial charge in [0.05, 0.1) is 17.5 Å². The number of pyridine rings is 1. The van der Waals surface area contributed by atoms with Gasteiger partial charge < -0.3 is 19.8 Å². The van der Waals surface area contributed by atoms with E-state index in [1.54, 1.807) is 19.4 Å². The van der Waals surface area contributed by atoms with Crippen LogP contribution in [-0.2, 0) is 13.2 Å². The molecule has 32 heavy (non-hydrogen) atoms.